The van der Waals surface area contributed by atoms with E-state index in [0.29, 0.717) is 11.1 Å². The molecule has 0 aromatic heterocycles. The Morgan fingerprint density at radius 2 is 0.932 bits per heavy atom. The van der Waals surface area contributed by atoms with Gasteiger partial charge >= 0.3 is 0 Å². The number of aromatic hydroxyl groups is 4. The number of carbonyl (C=O) groups is 2. The van der Waals surface area contributed by atoms with Crippen LogP contribution in [0, 0.1) is 13.8 Å². The highest BCUT2D eigenvalue weighted by molar-refractivity contribution is 6.21. The van der Waals surface area contributed by atoms with Gasteiger partial charge in [0.1, 0.15) is 34.5 Å². The highest BCUT2D eigenvalue weighted by atomic mass is 16.5. The molecular formula is C34H34O10. The molecule has 4 aromatic carbocycles. The lowest BCUT2D eigenvalue weighted by molar-refractivity contribution is 0.0393. The van der Waals surface area contributed by atoms with E-state index in [1.165, 1.54) is 28.1 Å². The minimum Gasteiger partial charge on any atom is -0.507 e. The van der Waals surface area contributed by atoms with Crippen molar-refractivity contribution in [2.24, 2.45) is 0 Å². The number of rotatable bonds is 3. The van der Waals surface area contributed by atoms with Gasteiger partial charge in [0, 0.05) is 47.6 Å². The van der Waals surface area contributed by atoms with E-state index in [1.54, 1.807) is 26.0 Å². The molecule has 6 N–H and O–H groups in total. The third-order valence-corrected chi connectivity index (χ3v) is 9.15. The van der Waals surface area contributed by atoms with Gasteiger partial charge in [-0.15, -0.1) is 0 Å². The summed E-state index contributed by atoms with van der Waals surface area (Å²) in [5.74, 6) is -2.16. The molecule has 230 valence electrons. The molecule has 0 aliphatic heterocycles. The van der Waals surface area contributed by atoms with Gasteiger partial charge in [-0.2, -0.15) is 0 Å². The van der Waals surface area contributed by atoms with Gasteiger partial charge in [0.25, 0.3) is 0 Å². The van der Waals surface area contributed by atoms with Gasteiger partial charge in [-0.25, -0.2) is 0 Å². The lowest BCUT2D eigenvalue weighted by Crippen LogP contribution is -2.37. The number of ether oxygens (including phenoxy) is 2. The average Bonchev–Trinajstić information content (AvgIpc) is 2.91. The molecule has 10 nitrogen and oxygen atoms in total. The summed E-state index contributed by atoms with van der Waals surface area (Å²) in [6, 6.07) is 3.18. The maximum atomic E-state index is 13.6. The quantitative estimate of drug-likeness (QED) is 0.190. The minimum absolute atomic E-state index is 0.0425. The Morgan fingerprint density at radius 1 is 0.591 bits per heavy atom. The third-order valence-electron chi connectivity index (χ3n) is 9.15. The van der Waals surface area contributed by atoms with Crippen LogP contribution in [-0.4, -0.2) is 67.6 Å². The molecule has 0 unspecified atom stereocenters. The fourth-order valence-corrected chi connectivity index (χ4v) is 7.18. The highest BCUT2D eigenvalue weighted by Gasteiger charge is 2.42. The molecule has 44 heavy (non-hydrogen) atoms. The number of aliphatic hydroxyl groups is 2. The van der Waals surface area contributed by atoms with Crippen LogP contribution in [0.5, 0.6) is 34.5 Å². The highest BCUT2D eigenvalue weighted by Crippen LogP contribution is 2.56. The van der Waals surface area contributed by atoms with Gasteiger partial charge in [-0.3, -0.25) is 9.59 Å². The minimum atomic E-state index is -1.51. The molecule has 0 heterocycles. The first kappa shape index (κ1) is 29.5. The van der Waals surface area contributed by atoms with E-state index in [1.807, 2.05) is 0 Å². The van der Waals surface area contributed by atoms with Crippen LogP contribution in [0.4, 0.5) is 0 Å². The number of hydrogen-bond donors (Lipinski definition) is 6. The summed E-state index contributed by atoms with van der Waals surface area (Å²) in [5, 5.41) is 68.8. The predicted octanol–water partition coefficient (Wildman–Crippen LogP) is 4.88. The fraction of sp³-hybridized carbons (Fsp3) is 0.353. The van der Waals surface area contributed by atoms with Crippen LogP contribution in [0.25, 0.3) is 32.7 Å². The zero-order valence-corrected chi connectivity index (χ0v) is 25.3. The van der Waals surface area contributed by atoms with Gasteiger partial charge < -0.3 is 40.1 Å². The maximum absolute atomic E-state index is 13.6. The summed E-state index contributed by atoms with van der Waals surface area (Å²) in [5.41, 5.74) is -1.57. The Hall–Kier alpha value is -4.54. The number of methoxy groups -OCH3 is 2. The molecule has 0 radical (unpaired) electrons. The van der Waals surface area contributed by atoms with E-state index in [2.05, 4.69) is 0 Å². The van der Waals surface area contributed by atoms with Crippen molar-refractivity contribution in [1.29, 1.82) is 0 Å². The summed E-state index contributed by atoms with van der Waals surface area (Å²) in [6.07, 6.45) is -0.770. The number of hydrogen-bond acceptors (Lipinski definition) is 10. The normalized spacial score (nSPS) is 21.5. The van der Waals surface area contributed by atoms with E-state index in [4.69, 9.17) is 9.47 Å². The first-order chi connectivity index (χ1) is 20.5. The van der Waals surface area contributed by atoms with Crippen LogP contribution in [0.3, 0.4) is 0 Å². The molecule has 0 bridgehead atoms. The smallest absolute Gasteiger partial charge is 0.169 e. The Balaban J connectivity index is 1.98. The molecule has 10 heteroatoms. The third kappa shape index (κ3) is 4.01. The molecule has 4 aromatic rings. The summed E-state index contributed by atoms with van der Waals surface area (Å²) in [6.45, 7) is 6.20. The van der Waals surface area contributed by atoms with Crippen molar-refractivity contribution in [3.8, 4) is 45.6 Å². The van der Waals surface area contributed by atoms with E-state index >= 15 is 0 Å². The monoisotopic (exact) mass is 602 g/mol. The van der Waals surface area contributed by atoms with Gasteiger partial charge in [0.2, 0.25) is 0 Å². The molecule has 2 aliphatic carbocycles. The lowest BCUT2D eigenvalue weighted by Gasteiger charge is -2.35. The number of ketones is 2. The molecule has 0 saturated heterocycles. The number of benzene rings is 4. The van der Waals surface area contributed by atoms with Crippen molar-refractivity contribution < 1.29 is 49.7 Å². The van der Waals surface area contributed by atoms with Crippen LogP contribution in [0.1, 0.15) is 69.7 Å². The second-order valence-corrected chi connectivity index (χ2v) is 12.7. The molecule has 6 rings (SSSR count). The summed E-state index contributed by atoms with van der Waals surface area (Å²) in [4.78, 5) is 27.2. The van der Waals surface area contributed by atoms with E-state index in [9.17, 15) is 40.2 Å². The number of fused-ring (bicyclic) bond motifs is 4. The zero-order valence-electron chi connectivity index (χ0n) is 25.3. The summed E-state index contributed by atoms with van der Waals surface area (Å²) < 4.78 is 11.1. The van der Waals surface area contributed by atoms with Crippen LogP contribution < -0.4 is 9.47 Å². The molecule has 0 spiro atoms. The van der Waals surface area contributed by atoms with E-state index < -0.39 is 34.3 Å². The van der Waals surface area contributed by atoms with Gasteiger partial charge in [0.15, 0.2) is 11.6 Å². The number of carbonyl (C=O) groups excluding carboxylic acids is 2. The largest absolute Gasteiger partial charge is 0.507 e. The zero-order chi connectivity index (χ0) is 32.2. The average molecular weight is 603 g/mol. The Bertz CT molecular complexity index is 1840. The Morgan fingerprint density at radius 3 is 1.25 bits per heavy atom. The Labute approximate surface area is 252 Å². The second-order valence-electron chi connectivity index (χ2n) is 12.7. The fourth-order valence-electron chi connectivity index (χ4n) is 7.18. The van der Waals surface area contributed by atoms with Gasteiger partial charge in [-0.05, 0) is 62.1 Å². The predicted molar refractivity (Wildman–Crippen MR) is 163 cm³/mol. The number of phenols is 4. The molecule has 0 fully saturated rings. The SMILES string of the molecule is COc1cc2c(-c3c4c(c(O)c5c(O)c(C)c(OC)cc35)C(=O)C[C@@](C)(O)C4)c3c(c(O)c2c(O)c1C)C(=O)C[C@@](C)(O)C3. The number of Topliss-reactive ketones (excluding diaryl/α,β-unsaturated/α-hetero) is 2. The Kier molecular flexibility index (Phi) is 6.36. The summed E-state index contributed by atoms with van der Waals surface area (Å²) in [7, 11) is 2.83. The van der Waals surface area contributed by atoms with Crippen LogP contribution in [-0.2, 0) is 12.8 Å². The first-order valence-corrected chi connectivity index (χ1v) is 14.2. The summed E-state index contributed by atoms with van der Waals surface area (Å²) >= 11 is 0. The number of phenolic OH excluding ortho intramolecular Hbond substituents is 4. The first-order valence-electron chi connectivity index (χ1n) is 14.2. The standard InChI is InChI=1S/C34H34O10/c1-13-21(43-5)7-15-23(17-9-33(3,41)11-19(35)25(17)31(39)27(15)29(13)37)24-16-8-22(44-6)14(2)30(38)28(16)32(40)26-18(24)10-34(4,42)12-20(26)36/h7-8,37-42H,9-12H2,1-6H3/t33-,34-/m0/s1. The van der Waals surface area contributed by atoms with Gasteiger partial charge in [0.05, 0.1) is 47.3 Å². The molecule has 0 amide bonds. The lowest BCUT2D eigenvalue weighted by atomic mass is 9.71. The van der Waals surface area contributed by atoms with E-state index in [0.717, 1.165) is 0 Å². The van der Waals surface area contributed by atoms with Crippen molar-refractivity contribution in [1.82, 2.24) is 0 Å². The second kappa shape index (κ2) is 9.48. The molecular weight excluding hydrogens is 568 g/mol. The van der Waals surface area contributed by atoms with Gasteiger partial charge in [-0.1, -0.05) is 0 Å². The molecule has 0 saturated carbocycles. The van der Waals surface area contributed by atoms with Crippen molar-refractivity contribution in [3.05, 3.63) is 45.5 Å². The van der Waals surface area contributed by atoms with Crippen molar-refractivity contribution in [2.45, 2.75) is 64.6 Å². The van der Waals surface area contributed by atoms with Crippen LogP contribution >= 0.6 is 0 Å². The topological polar surface area (TPSA) is 174 Å². The molecule has 2 atom stereocenters. The van der Waals surface area contributed by atoms with Crippen molar-refractivity contribution in [3.63, 3.8) is 0 Å². The van der Waals surface area contributed by atoms with Crippen molar-refractivity contribution >= 4 is 33.1 Å². The maximum Gasteiger partial charge on any atom is 0.169 e. The van der Waals surface area contributed by atoms with Crippen molar-refractivity contribution in [2.75, 3.05) is 14.2 Å². The van der Waals surface area contributed by atoms with Crippen LogP contribution in [0.2, 0.25) is 0 Å². The molecule has 2 aliphatic rings. The van der Waals surface area contributed by atoms with Crippen LogP contribution in [0.15, 0.2) is 12.1 Å². The van der Waals surface area contributed by atoms with E-state index in [-0.39, 0.29) is 104 Å².